The van der Waals surface area contributed by atoms with E-state index >= 15 is 0 Å². The molecule has 0 bridgehead atoms. The van der Waals surface area contributed by atoms with Crippen molar-refractivity contribution < 1.29 is 9.53 Å². The number of amides is 1. The molecule has 0 radical (unpaired) electrons. The van der Waals surface area contributed by atoms with Crippen molar-refractivity contribution in [2.75, 3.05) is 19.4 Å². The number of guanidine groups is 1. The van der Waals surface area contributed by atoms with Crippen molar-refractivity contribution in [3.8, 4) is 0 Å². The molecule has 0 saturated heterocycles. The van der Waals surface area contributed by atoms with Gasteiger partial charge in [0.1, 0.15) is 0 Å². The lowest BCUT2D eigenvalue weighted by molar-refractivity contribution is 0.176. The molecule has 1 heterocycles. The molecule has 6 heteroatoms. The number of rotatable bonds is 5. The second-order valence-corrected chi connectivity index (χ2v) is 6.21. The van der Waals surface area contributed by atoms with Crippen molar-refractivity contribution in [3.05, 3.63) is 29.8 Å². The first-order valence-corrected chi connectivity index (χ1v) is 8.60. The number of thioether (sulfide) groups is 1. The maximum absolute atomic E-state index is 11.3. The molecule has 1 amide bonds. The van der Waals surface area contributed by atoms with Crippen molar-refractivity contribution in [1.29, 1.82) is 0 Å². The molecule has 120 valence electrons. The van der Waals surface area contributed by atoms with E-state index in [0.29, 0.717) is 12.5 Å². The molecule has 22 heavy (non-hydrogen) atoms. The summed E-state index contributed by atoms with van der Waals surface area (Å²) in [5.74, 6) is 1.61. The summed E-state index contributed by atoms with van der Waals surface area (Å²) in [5.41, 5.74) is 1.27. The first-order chi connectivity index (χ1) is 10.7. The average Bonchev–Trinajstić information content (AvgIpc) is 2.55. The van der Waals surface area contributed by atoms with Crippen LogP contribution in [0, 0.1) is 0 Å². The molecule has 5 nitrogen and oxygen atoms in total. The van der Waals surface area contributed by atoms with Crippen LogP contribution >= 0.6 is 11.8 Å². The molecule has 0 spiro atoms. The van der Waals surface area contributed by atoms with Crippen LogP contribution < -0.4 is 10.6 Å². The van der Waals surface area contributed by atoms with Gasteiger partial charge in [-0.15, -0.1) is 11.8 Å². The van der Waals surface area contributed by atoms with Crippen molar-refractivity contribution >= 4 is 23.8 Å². The monoisotopic (exact) mass is 321 g/mol. The zero-order chi connectivity index (χ0) is 15.8. The topological polar surface area (TPSA) is 62.7 Å². The Kier molecular flexibility index (Phi) is 6.58. The van der Waals surface area contributed by atoms with Crippen molar-refractivity contribution in [2.45, 2.75) is 37.1 Å². The molecule has 1 aromatic carbocycles. The van der Waals surface area contributed by atoms with E-state index in [1.54, 1.807) is 0 Å². The first-order valence-electron chi connectivity index (χ1n) is 7.62. The van der Waals surface area contributed by atoms with Gasteiger partial charge in [-0.3, -0.25) is 10.3 Å². The molecule has 0 aliphatic carbocycles. The summed E-state index contributed by atoms with van der Waals surface area (Å²) in [6, 6.07) is 8.60. The van der Waals surface area contributed by atoms with Gasteiger partial charge in [0.05, 0.1) is 13.2 Å². The highest BCUT2D eigenvalue weighted by Gasteiger charge is 2.21. The summed E-state index contributed by atoms with van der Waals surface area (Å²) in [5, 5.41) is 5.90. The number of aliphatic imine (C=N–C) groups is 1. The SMILES string of the molecule is CCCCSc1ccccc1C1CCN=C(NC(=O)OC)N1. The summed E-state index contributed by atoms with van der Waals surface area (Å²) < 4.78 is 4.61. The van der Waals surface area contributed by atoms with Crippen LogP contribution in [0.5, 0.6) is 0 Å². The number of carbonyl (C=O) groups is 1. The summed E-state index contributed by atoms with van der Waals surface area (Å²) >= 11 is 1.89. The van der Waals surface area contributed by atoms with Crippen LogP contribution in [0.3, 0.4) is 0 Å². The van der Waals surface area contributed by atoms with Crippen molar-refractivity contribution in [3.63, 3.8) is 0 Å². The second-order valence-electron chi connectivity index (χ2n) is 5.07. The molecular formula is C16H23N3O2S. The van der Waals surface area contributed by atoms with Gasteiger partial charge in [-0.1, -0.05) is 31.5 Å². The summed E-state index contributed by atoms with van der Waals surface area (Å²) in [4.78, 5) is 16.9. The Hall–Kier alpha value is -1.69. The molecular weight excluding hydrogens is 298 g/mol. The van der Waals surface area contributed by atoms with E-state index in [4.69, 9.17) is 0 Å². The van der Waals surface area contributed by atoms with E-state index in [2.05, 4.69) is 51.6 Å². The Balaban J connectivity index is 2.05. The molecule has 0 aromatic heterocycles. The Morgan fingerprint density at radius 1 is 1.50 bits per heavy atom. The van der Waals surface area contributed by atoms with Gasteiger partial charge in [0.2, 0.25) is 5.96 Å². The number of unbranched alkanes of at least 4 members (excludes halogenated alkanes) is 1. The summed E-state index contributed by atoms with van der Waals surface area (Å²) in [7, 11) is 1.34. The third kappa shape index (κ3) is 4.66. The highest BCUT2D eigenvalue weighted by molar-refractivity contribution is 7.99. The van der Waals surface area contributed by atoms with Crippen molar-refractivity contribution in [2.24, 2.45) is 4.99 Å². The molecule has 0 saturated carbocycles. The molecule has 2 rings (SSSR count). The van der Waals surface area contributed by atoms with Crippen LogP contribution in [0.15, 0.2) is 34.2 Å². The van der Waals surface area contributed by atoms with Crippen molar-refractivity contribution in [1.82, 2.24) is 10.6 Å². The smallest absolute Gasteiger partial charge is 0.413 e. The number of ether oxygens (including phenoxy) is 1. The number of nitrogens with one attached hydrogen (secondary N) is 2. The highest BCUT2D eigenvalue weighted by Crippen LogP contribution is 2.30. The van der Waals surface area contributed by atoms with Gasteiger partial charge in [-0.05, 0) is 30.2 Å². The number of carbonyl (C=O) groups excluding carboxylic acids is 1. The van der Waals surface area contributed by atoms with E-state index < -0.39 is 6.09 Å². The fraction of sp³-hybridized carbons (Fsp3) is 0.500. The van der Waals surface area contributed by atoms with E-state index in [9.17, 15) is 4.79 Å². The standard InChI is InChI=1S/C16H23N3O2S/c1-3-4-11-22-14-8-6-5-7-12(14)13-9-10-17-15(18-13)19-16(20)21-2/h5-8,13H,3-4,9-11H2,1-2H3,(H2,17,18,19,20). The Morgan fingerprint density at radius 2 is 2.32 bits per heavy atom. The number of methoxy groups -OCH3 is 1. The minimum atomic E-state index is -0.502. The van der Waals surface area contributed by atoms with Gasteiger partial charge in [0.15, 0.2) is 0 Å². The fourth-order valence-corrected chi connectivity index (χ4v) is 3.48. The first kappa shape index (κ1) is 16.7. The zero-order valence-electron chi connectivity index (χ0n) is 13.1. The largest absolute Gasteiger partial charge is 0.453 e. The van der Waals surface area contributed by atoms with Gasteiger partial charge in [0, 0.05) is 11.4 Å². The van der Waals surface area contributed by atoms with Crippen LogP contribution in [0.1, 0.15) is 37.8 Å². The maximum Gasteiger partial charge on any atom is 0.413 e. The molecule has 1 unspecified atom stereocenters. The number of hydrogen-bond acceptors (Lipinski definition) is 5. The van der Waals surface area contributed by atoms with E-state index in [1.165, 1.54) is 30.4 Å². The van der Waals surface area contributed by atoms with Crippen LogP contribution in [-0.2, 0) is 4.74 Å². The second kappa shape index (κ2) is 8.68. The molecule has 1 atom stereocenters. The van der Waals surface area contributed by atoms with E-state index in [1.807, 2.05) is 11.8 Å². The molecule has 2 N–H and O–H groups in total. The van der Waals surface area contributed by atoms with Gasteiger partial charge >= 0.3 is 6.09 Å². The maximum atomic E-state index is 11.3. The lowest BCUT2D eigenvalue weighted by Crippen LogP contribution is -2.45. The average molecular weight is 321 g/mol. The quantitative estimate of drug-likeness (QED) is 0.645. The normalized spacial score (nSPS) is 17.4. The van der Waals surface area contributed by atoms with Crippen LogP contribution in [0.4, 0.5) is 4.79 Å². The predicted octanol–water partition coefficient (Wildman–Crippen LogP) is 3.33. The minimum Gasteiger partial charge on any atom is -0.453 e. The van der Waals surface area contributed by atoms with Gasteiger partial charge < -0.3 is 10.1 Å². The number of nitrogens with zero attached hydrogens (tertiary/aromatic N) is 1. The van der Waals surface area contributed by atoms with Crippen LogP contribution in [-0.4, -0.2) is 31.5 Å². The third-order valence-electron chi connectivity index (χ3n) is 3.45. The Morgan fingerprint density at radius 3 is 3.09 bits per heavy atom. The number of benzene rings is 1. The number of hydrogen-bond donors (Lipinski definition) is 2. The molecule has 1 aliphatic heterocycles. The predicted molar refractivity (Wildman–Crippen MR) is 90.4 cm³/mol. The lowest BCUT2D eigenvalue weighted by atomic mass is 10.0. The zero-order valence-corrected chi connectivity index (χ0v) is 13.9. The van der Waals surface area contributed by atoms with Gasteiger partial charge in [-0.25, -0.2) is 4.79 Å². The van der Waals surface area contributed by atoms with Gasteiger partial charge in [-0.2, -0.15) is 0 Å². The molecule has 0 fully saturated rings. The van der Waals surface area contributed by atoms with Gasteiger partial charge in [0.25, 0.3) is 0 Å². The highest BCUT2D eigenvalue weighted by atomic mass is 32.2. The van der Waals surface area contributed by atoms with E-state index in [0.717, 1.165) is 12.2 Å². The Bertz CT molecular complexity index is 534. The fourth-order valence-electron chi connectivity index (χ4n) is 2.27. The third-order valence-corrected chi connectivity index (χ3v) is 4.63. The lowest BCUT2D eigenvalue weighted by Gasteiger charge is -2.26. The minimum absolute atomic E-state index is 0.162. The summed E-state index contributed by atoms with van der Waals surface area (Å²) in [6.07, 6.45) is 2.83. The number of alkyl carbamates (subject to hydrolysis) is 1. The molecule has 1 aliphatic rings. The molecule has 1 aromatic rings. The Labute approximate surface area is 135 Å². The van der Waals surface area contributed by atoms with E-state index in [-0.39, 0.29) is 6.04 Å². The van der Waals surface area contributed by atoms with Crippen LogP contribution in [0.25, 0.3) is 0 Å². The van der Waals surface area contributed by atoms with Crippen LogP contribution in [0.2, 0.25) is 0 Å². The summed E-state index contributed by atoms with van der Waals surface area (Å²) in [6.45, 7) is 2.89.